The van der Waals surface area contributed by atoms with Crippen LogP contribution in [0.1, 0.15) is 31.4 Å². The highest BCUT2D eigenvalue weighted by Crippen LogP contribution is 2.25. The Morgan fingerprint density at radius 1 is 1.50 bits per heavy atom. The maximum absolute atomic E-state index is 11.8. The molecular formula is C12H16ClNO2. The van der Waals surface area contributed by atoms with E-state index >= 15 is 0 Å². The zero-order chi connectivity index (χ0) is 11.4. The Morgan fingerprint density at radius 2 is 2.25 bits per heavy atom. The van der Waals surface area contributed by atoms with Gasteiger partial charge in [0, 0.05) is 6.04 Å². The lowest BCUT2D eigenvalue weighted by atomic mass is 10.2. The maximum Gasteiger partial charge on any atom is 0.238 e. The van der Waals surface area contributed by atoms with Crippen LogP contribution >= 0.6 is 11.6 Å². The first kappa shape index (κ1) is 11.5. The molecule has 0 saturated heterocycles. The monoisotopic (exact) mass is 241 g/mol. The lowest BCUT2D eigenvalue weighted by Crippen LogP contribution is -2.38. The summed E-state index contributed by atoms with van der Waals surface area (Å²) in [4.78, 5) is 13.6. The summed E-state index contributed by atoms with van der Waals surface area (Å²) in [7, 11) is 0. The van der Waals surface area contributed by atoms with Crippen LogP contribution in [0, 0.1) is 0 Å². The molecule has 1 aromatic rings. The molecule has 88 valence electrons. The molecule has 1 aromatic heterocycles. The molecule has 1 aliphatic rings. The standard InChI is InChI=1S/C12H16ClNO2/c13-8-12(15)14(10-4-1-2-5-10)9-11-6-3-7-16-11/h3,6-7,10H,1-2,4-5,8-9H2. The third kappa shape index (κ3) is 2.59. The van der Waals surface area contributed by atoms with Gasteiger partial charge in [0.15, 0.2) is 0 Å². The second-order valence-corrected chi connectivity index (χ2v) is 4.44. The molecule has 0 aliphatic heterocycles. The van der Waals surface area contributed by atoms with Crippen LogP contribution in [-0.4, -0.2) is 22.7 Å². The second kappa shape index (κ2) is 5.39. The van der Waals surface area contributed by atoms with E-state index in [4.69, 9.17) is 16.0 Å². The van der Waals surface area contributed by atoms with E-state index in [0.29, 0.717) is 12.6 Å². The summed E-state index contributed by atoms with van der Waals surface area (Å²) in [6.45, 7) is 0.545. The summed E-state index contributed by atoms with van der Waals surface area (Å²) in [5.41, 5.74) is 0. The molecule has 16 heavy (non-hydrogen) atoms. The van der Waals surface area contributed by atoms with Gasteiger partial charge in [0.05, 0.1) is 12.8 Å². The Morgan fingerprint density at radius 3 is 2.81 bits per heavy atom. The molecule has 1 saturated carbocycles. The lowest BCUT2D eigenvalue weighted by molar-refractivity contribution is -0.131. The zero-order valence-electron chi connectivity index (χ0n) is 9.19. The highest BCUT2D eigenvalue weighted by Gasteiger charge is 2.26. The molecule has 1 amide bonds. The van der Waals surface area contributed by atoms with E-state index in [-0.39, 0.29) is 11.8 Å². The largest absolute Gasteiger partial charge is 0.467 e. The van der Waals surface area contributed by atoms with Crippen molar-refractivity contribution in [3.05, 3.63) is 24.2 Å². The van der Waals surface area contributed by atoms with Crippen LogP contribution in [0.5, 0.6) is 0 Å². The number of carbonyl (C=O) groups excluding carboxylic acids is 1. The lowest BCUT2D eigenvalue weighted by Gasteiger charge is -2.27. The topological polar surface area (TPSA) is 33.5 Å². The molecule has 3 nitrogen and oxygen atoms in total. The van der Waals surface area contributed by atoms with Gasteiger partial charge >= 0.3 is 0 Å². The first-order chi connectivity index (χ1) is 7.81. The van der Waals surface area contributed by atoms with Gasteiger partial charge < -0.3 is 9.32 Å². The predicted octanol–water partition coefficient (Wildman–Crippen LogP) is 2.79. The third-order valence-corrected chi connectivity index (χ3v) is 3.34. The van der Waals surface area contributed by atoms with Crippen LogP contribution in [0.3, 0.4) is 0 Å². The average Bonchev–Trinajstić information content (AvgIpc) is 2.97. The predicted molar refractivity (Wildman–Crippen MR) is 62.2 cm³/mol. The molecule has 4 heteroatoms. The van der Waals surface area contributed by atoms with Crippen molar-refractivity contribution in [2.45, 2.75) is 38.3 Å². The normalized spacial score (nSPS) is 16.6. The Labute approximate surface area is 100 Å². The highest BCUT2D eigenvalue weighted by atomic mass is 35.5. The first-order valence-electron chi connectivity index (χ1n) is 5.69. The Balaban J connectivity index is 2.04. The van der Waals surface area contributed by atoms with Crippen LogP contribution in [0.4, 0.5) is 0 Å². The molecule has 0 aromatic carbocycles. The van der Waals surface area contributed by atoms with Crippen molar-refractivity contribution in [1.29, 1.82) is 0 Å². The summed E-state index contributed by atoms with van der Waals surface area (Å²) >= 11 is 5.64. The van der Waals surface area contributed by atoms with Gasteiger partial charge in [0.1, 0.15) is 11.6 Å². The van der Waals surface area contributed by atoms with Crippen LogP contribution in [0.2, 0.25) is 0 Å². The molecule has 0 radical (unpaired) electrons. The van der Waals surface area contributed by atoms with E-state index in [9.17, 15) is 4.79 Å². The van der Waals surface area contributed by atoms with Gasteiger partial charge in [-0.1, -0.05) is 12.8 Å². The quantitative estimate of drug-likeness (QED) is 0.760. The fourth-order valence-electron chi connectivity index (χ4n) is 2.28. The molecule has 2 rings (SSSR count). The third-order valence-electron chi connectivity index (χ3n) is 3.11. The fraction of sp³-hybridized carbons (Fsp3) is 0.583. The van der Waals surface area contributed by atoms with Gasteiger partial charge in [-0.2, -0.15) is 0 Å². The van der Waals surface area contributed by atoms with E-state index in [2.05, 4.69) is 0 Å². The molecule has 0 atom stereocenters. The zero-order valence-corrected chi connectivity index (χ0v) is 9.95. The molecule has 1 aliphatic carbocycles. The first-order valence-corrected chi connectivity index (χ1v) is 6.22. The fourth-order valence-corrected chi connectivity index (χ4v) is 2.44. The molecule has 0 N–H and O–H groups in total. The number of amides is 1. The van der Waals surface area contributed by atoms with Crippen molar-refractivity contribution >= 4 is 17.5 Å². The van der Waals surface area contributed by atoms with Crippen molar-refractivity contribution in [1.82, 2.24) is 4.90 Å². The van der Waals surface area contributed by atoms with Crippen LogP contribution in [0.15, 0.2) is 22.8 Å². The van der Waals surface area contributed by atoms with E-state index in [0.717, 1.165) is 18.6 Å². The number of alkyl halides is 1. The summed E-state index contributed by atoms with van der Waals surface area (Å²) in [5, 5.41) is 0. The molecule has 1 heterocycles. The minimum Gasteiger partial charge on any atom is -0.467 e. The molecule has 0 spiro atoms. The van der Waals surface area contributed by atoms with E-state index < -0.39 is 0 Å². The van der Waals surface area contributed by atoms with Crippen molar-refractivity contribution < 1.29 is 9.21 Å². The maximum atomic E-state index is 11.8. The smallest absolute Gasteiger partial charge is 0.238 e. The van der Waals surface area contributed by atoms with E-state index in [1.807, 2.05) is 17.0 Å². The van der Waals surface area contributed by atoms with Gasteiger partial charge in [-0.15, -0.1) is 11.6 Å². The van der Waals surface area contributed by atoms with Gasteiger partial charge in [-0.25, -0.2) is 0 Å². The number of hydrogen-bond donors (Lipinski definition) is 0. The summed E-state index contributed by atoms with van der Waals surface area (Å²) < 4.78 is 5.28. The van der Waals surface area contributed by atoms with Crippen molar-refractivity contribution in [3.8, 4) is 0 Å². The van der Waals surface area contributed by atoms with Crippen molar-refractivity contribution in [2.75, 3.05) is 5.88 Å². The summed E-state index contributed by atoms with van der Waals surface area (Å²) in [6, 6.07) is 4.08. The van der Waals surface area contributed by atoms with Gasteiger partial charge in [0.25, 0.3) is 0 Å². The van der Waals surface area contributed by atoms with Crippen molar-refractivity contribution in [3.63, 3.8) is 0 Å². The molecular weight excluding hydrogens is 226 g/mol. The SMILES string of the molecule is O=C(CCl)N(Cc1ccco1)C1CCCC1. The highest BCUT2D eigenvalue weighted by molar-refractivity contribution is 6.27. The number of hydrogen-bond acceptors (Lipinski definition) is 2. The summed E-state index contributed by atoms with van der Waals surface area (Å²) in [6.07, 6.45) is 6.21. The average molecular weight is 242 g/mol. The number of nitrogens with zero attached hydrogens (tertiary/aromatic N) is 1. The van der Waals surface area contributed by atoms with Gasteiger partial charge in [-0.05, 0) is 25.0 Å². The Hall–Kier alpha value is -0.960. The molecule has 0 bridgehead atoms. The molecule has 0 unspecified atom stereocenters. The van der Waals surface area contributed by atoms with Crippen LogP contribution in [-0.2, 0) is 11.3 Å². The van der Waals surface area contributed by atoms with Gasteiger partial charge in [-0.3, -0.25) is 4.79 Å². The van der Waals surface area contributed by atoms with Crippen molar-refractivity contribution in [2.24, 2.45) is 0 Å². The van der Waals surface area contributed by atoms with E-state index in [1.165, 1.54) is 12.8 Å². The number of rotatable bonds is 4. The Bertz CT molecular complexity index is 331. The summed E-state index contributed by atoms with van der Waals surface area (Å²) in [5.74, 6) is 0.882. The van der Waals surface area contributed by atoms with Crippen LogP contribution in [0.25, 0.3) is 0 Å². The van der Waals surface area contributed by atoms with Crippen LogP contribution < -0.4 is 0 Å². The minimum absolute atomic E-state index is 0.00460. The van der Waals surface area contributed by atoms with Gasteiger partial charge in [0.2, 0.25) is 5.91 Å². The van der Waals surface area contributed by atoms with E-state index in [1.54, 1.807) is 6.26 Å². The second-order valence-electron chi connectivity index (χ2n) is 4.17. The minimum atomic E-state index is 0.00460. The Kier molecular flexibility index (Phi) is 3.88. The number of halogens is 1. The number of carbonyl (C=O) groups is 1. The number of furan rings is 1. The molecule has 1 fully saturated rings.